The lowest BCUT2D eigenvalue weighted by molar-refractivity contribution is -0.231. The molecule has 0 spiro atoms. The highest BCUT2D eigenvalue weighted by Gasteiger charge is 2.69. The first-order valence-corrected chi connectivity index (χ1v) is 14.6. The highest BCUT2D eigenvalue weighted by Crippen LogP contribution is 2.75. The zero-order chi connectivity index (χ0) is 26.9. The molecule has 204 valence electrons. The van der Waals surface area contributed by atoms with Crippen LogP contribution in [-0.2, 0) is 19.1 Å². The molecule has 0 saturated heterocycles. The van der Waals surface area contributed by atoms with Gasteiger partial charge in [-0.3, -0.25) is 9.59 Å². The molecule has 0 N–H and O–H groups in total. The van der Waals surface area contributed by atoms with Gasteiger partial charge in [-0.25, -0.2) is 0 Å². The van der Waals surface area contributed by atoms with Crippen molar-refractivity contribution < 1.29 is 19.1 Å². The standard InChI is InChI=1S/C32H52O4/c1-21(34)36-25-11-10-22(26(35)28(25,4)5)30(7)16-18-32(9)24-20-27(2,3)13-14-29(24,6)15-17-31(32,8)23(30)12-19-33/h19,22-25H,10-18,20H2,1-9H3/t22-,23+,24-,25+,29-,30+,31-,32+/m1/s1. The number of carbonyl (C=O) groups is 3. The minimum absolute atomic E-state index is 0.0235. The molecule has 0 radical (unpaired) electrons. The first-order chi connectivity index (χ1) is 16.5. The Hall–Kier alpha value is -1.19. The third-order valence-electron chi connectivity index (χ3n) is 12.9. The smallest absolute Gasteiger partial charge is 0.302 e. The summed E-state index contributed by atoms with van der Waals surface area (Å²) in [6, 6.07) is 0. The number of esters is 1. The summed E-state index contributed by atoms with van der Waals surface area (Å²) in [6.07, 6.45) is 11.1. The number of hydrogen-bond donors (Lipinski definition) is 0. The minimum atomic E-state index is -0.705. The second kappa shape index (κ2) is 8.67. The van der Waals surface area contributed by atoms with Crippen LogP contribution < -0.4 is 0 Å². The Kier molecular flexibility index (Phi) is 6.70. The van der Waals surface area contributed by atoms with Crippen LogP contribution in [0.5, 0.6) is 0 Å². The predicted octanol–water partition coefficient (Wildman–Crippen LogP) is 7.57. The summed E-state index contributed by atoms with van der Waals surface area (Å²) in [5.41, 5.74) is 0.00474. The maximum absolute atomic E-state index is 14.1. The molecule has 4 nitrogen and oxygen atoms in total. The molecule has 0 aromatic rings. The molecular formula is C32H52O4. The lowest BCUT2D eigenvalue weighted by Gasteiger charge is -2.72. The van der Waals surface area contributed by atoms with E-state index in [0.717, 1.165) is 38.4 Å². The van der Waals surface area contributed by atoms with E-state index in [2.05, 4.69) is 41.5 Å². The summed E-state index contributed by atoms with van der Waals surface area (Å²) in [7, 11) is 0. The molecule has 8 atom stereocenters. The number of Topliss-reactive ketones (excluding diaryl/α,β-unsaturated/α-hetero) is 1. The highest BCUT2D eigenvalue weighted by atomic mass is 16.5. The van der Waals surface area contributed by atoms with Gasteiger partial charge in [0.1, 0.15) is 18.2 Å². The number of hydrogen-bond acceptors (Lipinski definition) is 4. The third-order valence-corrected chi connectivity index (χ3v) is 12.9. The SMILES string of the molecule is CC(=O)O[C@H]1CC[C@@H]([C@]2(C)CC[C@@]3(C)[C@@H]4CC(C)(C)CC[C@]4(C)CC[C@]3(C)[C@H]2CC=O)C(=O)C1(C)C. The molecule has 4 saturated carbocycles. The van der Waals surface area contributed by atoms with Crippen molar-refractivity contribution in [1.82, 2.24) is 0 Å². The van der Waals surface area contributed by atoms with Gasteiger partial charge in [0, 0.05) is 19.3 Å². The molecule has 4 aliphatic carbocycles. The van der Waals surface area contributed by atoms with Gasteiger partial charge in [0.05, 0.1) is 5.41 Å². The highest BCUT2D eigenvalue weighted by molar-refractivity contribution is 5.89. The summed E-state index contributed by atoms with van der Waals surface area (Å²) < 4.78 is 5.62. The van der Waals surface area contributed by atoms with Gasteiger partial charge >= 0.3 is 5.97 Å². The molecule has 36 heavy (non-hydrogen) atoms. The molecule has 0 heterocycles. The number of ketones is 1. The number of carbonyl (C=O) groups excluding carboxylic acids is 3. The molecule has 4 rings (SSSR count). The van der Waals surface area contributed by atoms with E-state index in [4.69, 9.17) is 4.74 Å². The molecule has 4 aliphatic rings. The summed E-state index contributed by atoms with van der Waals surface area (Å²) in [5, 5.41) is 0. The fraction of sp³-hybridized carbons (Fsp3) is 0.906. The van der Waals surface area contributed by atoms with Crippen molar-refractivity contribution in [1.29, 1.82) is 0 Å². The van der Waals surface area contributed by atoms with E-state index < -0.39 is 5.41 Å². The molecule has 4 heteroatoms. The molecule has 0 aromatic heterocycles. The molecule has 0 amide bonds. The summed E-state index contributed by atoms with van der Waals surface area (Å²) in [6.45, 7) is 20.1. The fourth-order valence-corrected chi connectivity index (χ4v) is 10.2. The first kappa shape index (κ1) is 27.8. The van der Waals surface area contributed by atoms with E-state index in [9.17, 15) is 14.4 Å². The first-order valence-electron chi connectivity index (χ1n) is 14.6. The van der Waals surface area contributed by atoms with E-state index in [0.29, 0.717) is 23.2 Å². The maximum Gasteiger partial charge on any atom is 0.302 e. The fourth-order valence-electron chi connectivity index (χ4n) is 10.2. The maximum atomic E-state index is 14.1. The molecule has 0 aromatic carbocycles. The van der Waals surface area contributed by atoms with Crippen LogP contribution in [0.3, 0.4) is 0 Å². The largest absolute Gasteiger partial charge is 0.462 e. The Bertz CT molecular complexity index is 919. The normalized spacial score (nSPS) is 47.9. The van der Waals surface area contributed by atoms with Crippen molar-refractivity contribution in [2.45, 2.75) is 133 Å². The summed E-state index contributed by atoms with van der Waals surface area (Å²) in [4.78, 5) is 38.1. The van der Waals surface area contributed by atoms with Crippen LogP contribution in [0.1, 0.15) is 127 Å². The molecule has 0 unspecified atom stereocenters. The number of aldehydes is 1. The van der Waals surface area contributed by atoms with E-state index >= 15 is 0 Å². The Morgan fingerprint density at radius 2 is 1.50 bits per heavy atom. The lowest BCUT2D eigenvalue weighted by atomic mass is 9.32. The zero-order valence-electron chi connectivity index (χ0n) is 24.6. The van der Waals surface area contributed by atoms with Crippen LogP contribution >= 0.6 is 0 Å². The average Bonchev–Trinajstić information content (AvgIpc) is 2.78. The topological polar surface area (TPSA) is 60.4 Å². The van der Waals surface area contributed by atoms with Gasteiger partial charge in [0.2, 0.25) is 0 Å². The minimum Gasteiger partial charge on any atom is -0.462 e. The van der Waals surface area contributed by atoms with E-state index in [1.807, 2.05) is 13.8 Å². The van der Waals surface area contributed by atoms with Gasteiger partial charge < -0.3 is 9.53 Å². The van der Waals surface area contributed by atoms with Gasteiger partial charge in [-0.2, -0.15) is 0 Å². The van der Waals surface area contributed by atoms with E-state index in [-0.39, 0.29) is 45.9 Å². The van der Waals surface area contributed by atoms with Crippen LogP contribution in [-0.4, -0.2) is 24.1 Å². The van der Waals surface area contributed by atoms with E-state index in [1.54, 1.807) is 0 Å². The molecule has 0 aliphatic heterocycles. The monoisotopic (exact) mass is 500 g/mol. The molecule has 0 bridgehead atoms. The zero-order valence-corrected chi connectivity index (χ0v) is 24.6. The Balaban J connectivity index is 1.73. The number of rotatable bonds is 4. The predicted molar refractivity (Wildman–Crippen MR) is 143 cm³/mol. The van der Waals surface area contributed by atoms with Crippen LogP contribution in [0.4, 0.5) is 0 Å². The van der Waals surface area contributed by atoms with Crippen LogP contribution in [0.25, 0.3) is 0 Å². The lowest BCUT2D eigenvalue weighted by Crippen LogP contribution is -2.66. The van der Waals surface area contributed by atoms with Crippen LogP contribution in [0.15, 0.2) is 0 Å². The average molecular weight is 501 g/mol. The summed E-state index contributed by atoms with van der Waals surface area (Å²) >= 11 is 0. The number of fused-ring (bicyclic) bond motifs is 3. The van der Waals surface area contributed by atoms with E-state index in [1.165, 1.54) is 32.6 Å². The van der Waals surface area contributed by atoms with Crippen LogP contribution in [0.2, 0.25) is 0 Å². The Morgan fingerprint density at radius 3 is 2.11 bits per heavy atom. The second-order valence-electron chi connectivity index (χ2n) is 15.7. The second-order valence-corrected chi connectivity index (χ2v) is 15.7. The van der Waals surface area contributed by atoms with Gasteiger partial charge in [-0.05, 0) is 111 Å². The Morgan fingerprint density at radius 1 is 0.889 bits per heavy atom. The van der Waals surface area contributed by atoms with Crippen molar-refractivity contribution in [2.75, 3.05) is 0 Å². The Labute approximate surface area is 220 Å². The van der Waals surface area contributed by atoms with Gasteiger partial charge in [0.25, 0.3) is 0 Å². The van der Waals surface area contributed by atoms with Crippen LogP contribution in [0, 0.1) is 50.2 Å². The van der Waals surface area contributed by atoms with Crippen molar-refractivity contribution in [2.24, 2.45) is 50.2 Å². The summed E-state index contributed by atoms with van der Waals surface area (Å²) in [5.74, 6) is 0.654. The quantitative estimate of drug-likeness (QED) is 0.295. The molecule has 4 fully saturated rings. The third kappa shape index (κ3) is 3.94. The van der Waals surface area contributed by atoms with Crippen molar-refractivity contribution in [3.05, 3.63) is 0 Å². The van der Waals surface area contributed by atoms with Gasteiger partial charge in [-0.1, -0.05) is 41.5 Å². The van der Waals surface area contributed by atoms with Gasteiger partial charge in [-0.15, -0.1) is 0 Å². The van der Waals surface area contributed by atoms with Crippen molar-refractivity contribution in [3.8, 4) is 0 Å². The molecular weight excluding hydrogens is 448 g/mol. The number of ether oxygens (including phenoxy) is 1. The van der Waals surface area contributed by atoms with Gasteiger partial charge in [0.15, 0.2) is 0 Å². The van der Waals surface area contributed by atoms with Crippen molar-refractivity contribution >= 4 is 18.0 Å². The van der Waals surface area contributed by atoms with Crippen molar-refractivity contribution in [3.63, 3.8) is 0 Å².